The van der Waals surface area contributed by atoms with Gasteiger partial charge in [0.1, 0.15) is 12.4 Å². The van der Waals surface area contributed by atoms with Gasteiger partial charge in [0.25, 0.3) is 0 Å². The van der Waals surface area contributed by atoms with Gasteiger partial charge in [0, 0.05) is 6.54 Å². The Bertz CT molecular complexity index is 635. The summed E-state index contributed by atoms with van der Waals surface area (Å²) in [5.74, 6) is -0.644. The first-order valence-electron chi connectivity index (χ1n) is 6.80. The molecule has 0 aliphatic heterocycles. The van der Waals surface area contributed by atoms with E-state index in [1.807, 2.05) is 13.8 Å². The molecule has 1 amide bonds. The van der Waals surface area contributed by atoms with Gasteiger partial charge < -0.3 is 5.32 Å². The second-order valence-corrected chi connectivity index (χ2v) is 7.71. The molecule has 1 aromatic rings. The zero-order valence-electron chi connectivity index (χ0n) is 12.8. The molecular formula is C14H20ClFN2O3S. The number of rotatable bonds is 7. The van der Waals surface area contributed by atoms with Crippen LogP contribution in [-0.4, -0.2) is 33.7 Å². The van der Waals surface area contributed by atoms with E-state index in [9.17, 15) is 17.6 Å². The molecule has 124 valence electrons. The van der Waals surface area contributed by atoms with Crippen LogP contribution >= 0.6 is 11.6 Å². The maximum atomic E-state index is 13.2. The SMILES string of the molecule is CC(C)CCNC(=O)CN(c1ccc(F)c(Cl)c1)S(C)(=O)=O. The number of halogens is 2. The fourth-order valence-corrected chi connectivity index (χ4v) is 2.75. The number of nitrogens with one attached hydrogen (secondary N) is 1. The molecule has 0 aliphatic rings. The summed E-state index contributed by atoms with van der Waals surface area (Å²) in [5, 5.41) is 2.46. The number of benzene rings is 1. The Hall–Kier alpha value is -1.34. The van der Waals surface area contributed by atoms with Crippen LogP contribution in [0.4, 0.5) is 10.1 Å². The summed E-state index contributed by atoms with van der Waals surface area (Å²) in [7, 11) is -3.69. The molecule has 0 saturated carbocycles. The number of carbonyl (C=O) groups excluding carboxylic acids is 1. The molecule has 0 fully saturated rings. The third kappa shape index (κ3) is 5.81. The Labute approximate surface area is 135 Å². The third-order valence-electron chi connectivity index (χ3n) is 2.92. The van der Waals surface area contributed by atoms with Crippen molar-refractivity contribution in [3.05, 3.63) is 29.0 Å². The van der Waals surface area contributed by atoms with Crippen LogP contribution in [0.15, 0.2) is 18.2 Å². The van der Waals surface area contributed by atoms with Gasteiger partial charge in [0.15, 0.2) is 0 Å². The quantitative estimate of drug-likeness (QED) is 0.821. The molecular weight excluding hydrogens is 331 g/mol. The minimum Gasteiger partial charge on any atom is -0.355 e. The lowest BCUT2D eigenvalue weighted by Gasteiger charge is -2.22. The summed E-state index contributed by atoms with van der Waals surface area (Å²) in [6.07, 6.45) is 1.78. The monoisotopic (exact) mass is 350 g/mol. The lowest BCUT2D eigenvalue weighted by atomic mass is 10.1. The molecule has 0 aliphatic carbocycles. The predicted molar refractivity (Wildman–Crippen MR) is 86.1 cm³/mol. The van der Waals surface area contributed by atoms with Crippen molar-refractivity contribution in [3.63, 3.8) is 0 Å². The van der Waals surface area contributed by atoms with Crippen LogP contribution in [0.5, 0.6) is 0 Å². The van der Waals surface area contributed by atoms with Crippen LogP contribution in [0.2, 0.25) is 5.02 Å². The van der Waals surface area contributed by atoms with Crippen molar-refractivity contribution in [3.8, 4) is 0 Å². The van der Waals surface area contributed by atoms with Gasteiger partial charge in [-0.25, -0.2) is 12.8 Å². The van der Waals surface area contributed by atoms with E-state index < -0.39 is 21.7 Å². The summed E-state index contributed by atoms with van der Waals surface area (Å²) in [4.78, 5) is 11.9. The average Bonchev–Trinajstić information content (AvgIpc) is 2.37. The second kappa shape index (κ2) is 7.78. The first-order valence-corrected chi connectivity index (χ1v) is 9.03. The highest BCUT2D eigenvalue weighted by Crippen LogP contribution is 2.24. The standard InChI is InChI=1S/C14H20ClFN2O3S/c1-10(2)6-7-17-14(19)9-18(22(3,20)21)11-4-5-13(16)12(15)8-11/h4-5,8,10H,6-7,9H2,1-3H3,(H,17,19). The summed E-state index contributed by atoms with van der Waals surface area (Å²) in [5.41, 5.74) is 0.146. The molecule has 5 nitrogen and oxygen atoms in total. The summed E-state index contributed by atoms with van der Waals surface area (Å²) in [6.45, 7) is 4.14. The topological polar surface area (TPSA) is 66.5 Å². The van der Waals surface area contributed by atoms with Gasteiger partial charge in [-0.15, -0.1) is 0 Å². The minimum absolute atomic E-state index is 0.146. The Morgan fingerprint density at radius 1 is 1.41 bits per heavy atom. The van der Waals surface area contributed by atoms with Crippen molar-refractivity contribution in [1.29, 1.82) is 0 Å². The number of anilines is 1. The number of amides is 1. The van der Waals surface area contributed by atoms with Gasteiger partial charge >= 0.3 is 0 Å². The van der Waals surface area contributed by atoms with Crippen molar-refractivity contribution in [2.24, 2.45) is 5.92 Å². The van der Waals surface area contributed by atoms with Crippen LogP contribution < -0.4 is 9.62 Å². The fraction of sp³-hybridized carbons (Fsp3) is 0.500. The van der Waals surface area contributed by atoms with Crippen molar-refractivity contribution in [1.82, 2.24) is 5.32 Å². The number of carbonyl (C=O) groups is 1. The van der Waals surface area contributed by atoms with Gasteiger partial charge in [-0.3, -0.25) is 9.10 Å². The number of hydrogen-bond donors (Lipinski definition) is 1. The molecule has 1 aromatic carbocycles. The molecule has 0 atom stereocenters. The van der Waals surface area contributed by atoms with E-state index in [4.69, 9.17) is 11.6 Å². The van der Waals surface area contributed by atoms with Gasteiger partial charge in [-0.1, -0.05) is 25.4 Å². The maximum absolute atomic E-state index is 13.2. The van der Waals surface area contributed by atoms with Crippen LogP contribution in [0.3, 0.4) is 0 Å². The lowest BCUT2D eigenvalue weighted by Crippen LogP contribution is -2.40. The van der Waals surface area contributed by atoms with Gasteiger partial charge in [0.05, 0.1) is 17.0 Å². The van der Waals surface area contributed by atoms with Crippen LogP contribution in [0.1, 0.15) is 20.3 Å². The van der Waals surface area contributed by atoms with Crippen molar-refractivity contribution >= 4 is 33.2 Å². The van der Waals surface area contributed by atoms with Gasteiger partial charge in [-0.2, -0.15) is 0 Å². The molecule has 0 radical (unpaired) electrons. The van der Waals surface area contributed by atoms with Gasteiger partial charge in [-0.05, 0) is 30.5 Å². The number of nitrogens with zero attached hydrogens (tertiary/aromatic N) is 1. The third-order valence-corrected chi connectivity index (χ3v) is 4.35. The summed E-state index contributed by atoms with van der Waals surface area (Å²) in [6, 6.07) is 3.51. The molecule has 8 heteroatoms. The van der Waals surface area contributed by atoms with Gasteiger partial charge in [0.2, 0.25) is 15.9 Å². The van der Waals surface area contributed by atoms with Crippen LogP contribution in [0, 0.1) is 11.7 Å². The Morgan fingerprint density at radius 2 is 2.05 bits per heavy atom. The molecule has 1 rings (SSSR count). The number of hydrogen-bond acceptors (Lipinski definition) is 3. The smallest absolute Gasteiger partial charge is 0.240 e. The molecule has 22 heavy (non-hydrogen) atoms. The maximum Gasteiger partial charge on any atom is 0.240 e. The molecule has 0 heterocycles. The highest BCUT2D eigenvalue weighted by molar-refractivity contribution is 7.92. The van der Waals surface area contributed by atoms with E-state index in [1.165, 1.54) is 12.1 Å². The lowest BCUT2D eigenvalue weighted by molar-refractivity contribution is -0.119. The van der Waals surface area contributed by atoms with Crippen molar-refractivity contribution in [2.75, 3.05) is 23.7 Å². The van der Waals surface area contributed by atoms with E-state index in [-0.39, 0.29) is 17.3 Å². The minimum atomic E-state index is -3.69. The van der Waals surface area contributed by atoms with Crippen molar-refractivity contribution in [2.45, 2.75) is 20.3 Å². The fourth-order valence-electron chi connectivity index (χ4n) is 1.73. The highest BCUT2D eigenvalue weighted by Gasteiger charge is 2.21. The molecule has 0 unspecified atom stereocenters. The molecule has 0 bridgehead atoms. The van der Waals surface area contributed by atoms with Crippen molar-refractivity contribution < 1.29 is 17.6 Å². The van der Waals surface area contributed by atoms with E-state index in [2.05, 4.69) is 5.32 Å². The second-order valence-electron chi connectivity index (χ2n) is 5.40. The first kappa shape index (κ1) is 18.7. The molecule has 0 saturated heterocycles. The Morgan fingerprint density at radius 3 is 2.55 bits per heavy atom. The molecule has 1 N–H and O–H groups in total. The number of sulfonamides is 1. The zero-order chi connectivity index (χ0) is 16.9. The van der Waals surface area contributed by atoms with E-state index in [0.29, 0.717) is 12.5 Å². The molecule has 0 aromatic heterocycles. The Kier molecular flexibility index (Phi) is 6.62. The average molecular weight is 351 g/mol. The predicted octanol–water partition coefficient (Wildman–Crippen LogP) is 2.41. The van der Waals surface area contributed by atoms with E-state index in [0.717, 1.165) is 23.0 Å². The van der Waals surface area contributed by atoms with Crippen LogP contribution in [-0.2, 0) is 14.8 Å². The summed E-state index contributed by atoms with van der Waals surface area (Å²) >= 11 is 5.67. The Balaban J connectivity index is 2.86. The van der Waals surface area contributed by atoms with E-state index in [1.54, 1.807) is 0 Å². The van der Waals surface area contributed by atoms with Crippen LogP contribution in [0.25, 0.3) is 0 Å². The zero-order valence-corrected chi connectivity index (χ0v) is 14.3. The first-order chi connectivity index (χ1) is 10.1. The summed E-state index contributed by atoms with van der Waals surface area (Å²) < 4.78 is 37.8. The normalized spacial score (nSPS) is 11.5. The van der Waals surface area contributed by atoms with E-state index >= 15 is 0 Å². The highest BCUT2D eigenvalue weighted by atomic mass is 35.5. The largest absolute Gasteiger partial charge is 0.355 e. The molecule has 0 spiro atoms.